The molecule has 0 N–H and O–H groups in total. The monoisotopic (exact) mass is 355 g/mol. The summed E-state index contributed by atoms with van der Waals surface area (Å²) >= 11 is 6.25. The van der Waals surface area contributed by atoms with Gasteiger partial charge >= 0.3 is 0 Å². The molecule has 0 atom stereocenters. The van der Waals surface area contributed by atoms with E-state index >= 15 is 0 Å². The molecule has 3 aromatic rings. The molecule has 1 aromatic carbocycles. The van der Waals surface area contributed by atoms with Gasteiger partial charge in [0.15, 0.2) is 0 Å². The molecule has 3 nitrogen and oxygen atoms in total. The lowest BCUT2D eigenvalue weighted by Gasteiger charge is -2.44. The van der Waals surface area contributed by atoms with Crippen molar-refractivity contribution < 1.29 is 4.39 Å². The zero-order valence-electron chi connectivity index (χ0n) is 14.6. The molecule has 0 amide bonds. The van der Waals surface area contributed by atoms with Crippen LogP contribution in [0.25, 0.3) is 5.52 Å². The molecule has 0 fully saturated rings. The van der Waals surface area contributed by atoms with Gasteiger partial charge in [-0.05, 0) is 32.0 Å². The number of aromatic nitrogens is 2. The smallest absolute Gasteiger partial charge is 0.127 e. The van der Waals surface area contributed by atoms with Crippen molar-refractivity contribution in [3.05, 3.63) is 70.3 Å². The lowest BCUT2D eigenvalue weighted by molar-refractivity contribution is 0.293. The van der Waals surface area contributed by atoms with Crippen LogP contribution in [0.4, 0.5) is 4.39 Å². The van der Waals surface area contributed by atoms with Gasteiger partial charge in [0.25, 0.3) is 0 Å². The first-order valence-electron chi connectivity index (χ1n) is 8.25. The van der Waals surface area contributed by atoms with Gasteiger partial charge < -0.3 is 0 Å². The van der Waals surface area contributed by atoms with Gasteiger partial charge in [0.1, 0.15) is 5.82 Å². The average Bonchev–Trinajstić information content (AvgIpc) is 2.92. The van der Waals surface area contributed by atoms with Crippen LogP contribution in [0.15, 0.2) is 47.7 Å². The number of hydrogen-bond donors (Lipinski definition) is 0. The van der Waals surface area contributed by atoms with Crippen LogP contribution in [-0.2, 0) is 5.41 Å². The molecule has 0 bridgehead atoms. The van der Waals surface area contributed by atoms with E-state index in [0.29, 0.717) is 10.6 Å². The van der Waals surface area contributed by atoms with E-state index in [1.54, 1.807) is 22.8 Å². The van der Waals surface area contributed by atoms with Crippen molar-refractivity contribution in [2.24, 2.45) is 4.99 Å². The van der Waals surface area contributed by atoms with E-state index in [-0.39, 0.29) is 5.82 Å². The van der Waals surface area contributed by atoms with Gasteiger partial charge in [0, 0.05) is 28.3 Å². The highest BCUT2D eigenvalue weighted by Crippen LogP contribution is 2.45. The first-order chi connectivity index (χ1) is 11.7. The number of nitrogens with zero attached hydrogens (tertiary/aromatic N) is 3. The van der Waals surface area contributed by atoms with Crippen LogP contribution in [0.5, 0.6) is 0 Å². The highest BCUT2D eigenvalue weighted by atomic mass is 35.5. The standard InChI is InChI=1S/C20H19ClFN3/c1-19(2)17-13(6-5-7-15(17)22)18(24-20(19,3)4)12-10-16-14(21)8-9-25(16)23-11-12/h5-11H,1-4H3. The van der Waals surface area contributed by atoms with E-state index in [2.05, 4.69) is 5.10 Å². The van der Waals surface area contributed by atoms with Gasteiger partial charge in [0.05, 0.1) is 28.0 Å². The molecule has 0 unspecified atom stereocenters. The fourth-order valence-corrected chi connectivity index (χ4v) is 3.65. The summed E-state index contributed by atoms with van der Waals surface area (Å²) in [4.78, 5) is 5.00. The summed E-state index contributed by atoms with van der Waals surface area (Å²) in [6.07, 6.45) is 3.57. The summed E-state index contributed by atoms with van der Waals surface area (Å²) in [6, 6.07) is 8.94. The molecule has 0 radical (unpaired) electrons. The van der Waals surface area contributed by atoms with Crippen LogP contribution in [0, 0.1) is 5.82 Å². The van der Waals surface area contributed by atoms with E-state index in [4.69, 9.17) is 16.6 Å². The molecule has 4 rings (SSSR count). The number of benzene rings is 1. The maximum absolute atomic E-state index is 14.8. The van der Waals surface area contributed by atoms with Crippen molar-refractivity contribution in [2.75, 3.05) is 0 Å². The number of hydrogen-bond acceptors (Lipinski definition) is 2. The fourth-order valence-electron chi connectivity index (χ4n) is 3.45. The predicted octanol–water partition coefficient (Wildman–Crippen LogP) is 5.03. The van der Waals surface area contributed by atoms with Crippen LogP contribution in [0.3, 0.4) is 0 Å². The van der Waals surface area contributed by atoms with E-state index in [1.165, 1.54) is 6.07 Å². The molecule has 0 saturated heterocycles. The first kappa shape index (κ1) is 16.3. The van der Waals surface area contributed by atoms with Crippen molar-refractivity contribution in [3.63, 3.8) is 0 Å². The summed E-state index contributed by atoms with van der Waals surface area (Å²) < 4.78 is 16.5. The Balaban J connectivity index is 2.02. The van der Waals surface area contributed by atoms with Crippen LogP contribution >= 0.6 is 11.6 Å². The molecule has 128 valence electrons. The summed E-state index contributed by atoms with van der Waals surface area (Å²) in [5.74, 6) is -0.197. The summed E-state index contributed by atoms with van der Waals surface area (Å²) in [5.41, 5.74) is 3.03. The number of aliphatic imine (C=N–C) groups is 1. The van der Waals surface area contributed by atoms with Gasteiger partial charge in [-0.2, -0.15) is 5.10 Å². The molecule has 25 heavy (non-hydrogen) atoms. The number of fused-ring (bicyclic) bond motifs is 2. The number of halogens is 2. The van der Waals surface area contributed by atoms with Gasteiger partial charge in [-0.25, -0.2) is 8.91 Å². The van der Waals surface area contributed by atoms with Crippen molar-refractivity contribution >= 4 is 22.8 Å². The van der Waals surface area contributed by atoms with E-state index in [9.17, 15) is 4.39 Å². The maximum atomic E-state index is 14.8. The molecule has 1 aliphatic rings. The summed E-state index contributed by atoms with van der Waals surface area (Å²) in [6.45, 7) is 8.16. The molecular formula is C20H19ClFN3. The summed E-state index contributed by atoms with van der Waals surface area (Å²) in [5, 5.41) is 5.04. The zero-order valence-corrected chi connectivity index (χ0v) is 15.4. The third kappa shape index (κ3) is 2.24. The normalized spacial score (nSPS) is 18.1. The SMILES string of the molecule is CC1(C)N=C(c2cnn3ccc(Cl)c3c2)c2cccc(F)c2C1(C)C. The third-order valence-corrected chi connectivity index (χ3v) is 5.87. The van der Waals surface area contributed by atoms with Gasteiger partial charge in [0.2, 0.25) is 0 Å². The topological polar surface area (TPSA) is 29.7 Å². The number of rotatable bonds is 1. The van der Waals surface area contributed by atoms with E-state index in [1.807, 2.05) is 46.0 Å². The zero-order chi connectivity index (χ0) is 18.0. The van der Waals surface area contributed by atoms with Crippen LogP contribution in [-0.4, -0.2) is 20.9 Å². The molecule has 0 spiro atoms. The minimum atomic E-state index is -0.463. The molecule has 1 aliphatic heterocycles. The Morgan fingerprint density at radius 1 is 1.12 bits per heavy atom. The Bertz CT molecular complexity index is 1030. The Hall–Kier alpha value is -2.20. The van der Waals surface area contributed by atoms with E-state index < -0.39 is 11.0 Å². The Morgan fingerprint density at radius 2 is 1.88 bits per heavy atom. The third-order valence-electron chi connectivity index (χ3n) is 5.56. The Kier molecular flexibility index (Phi) is 3.35. The highest BCUT2D eigenvalue weighted by molar-refractivity contribution is 6.34. The molecule has 2 aromatic heterocycles. The largest absolute Gasteiger partial charge is 0.277 e. The molecule has 0 saturated carbocycles. The second-order valence-corrected chi connectivity index (χ2v) is 7.95. The van der Waals surface area contributed by atoms with Crippen molar-refractivity contribution in [1.82, 2.24) is 9.61 Å². The molecular weight excluding hydrogens is 337 g/mol. The van der Waals surface area contributed by atoms with Crippen molar-refractivity contribution in [3.8, 4) is 0 Å². The Morgan fingerprint density at radius 3 is 2.64 bits per heavy atom. The maximum Gasteiger partial charge on any atom is 0.127 e. The van der Waals surface area contributed by atoms with Crippen molar-refractivity contribution in [1.29, 1.82) is 0 Å². The van der Waals surface area contributed by atoms with Gasteiger partial charge in [-0.1, -0.05) is 37.6 Å². The lowest BCUT2D eigenvalue weighted by atomic mass is 9.65. The van der Waals surface area contributed by atoms with Gasteiger partial charge in [-0.15, -0.1) is 0 Å². The fraction of sp³-hybridized carbons (Fsp3) is 0.300. The average molecular weight is 356 g/mol. The summed E-state index contributed by atoms with van der Waals surface area (Å²) in [7, 11) is 0. The molecule has 5 heteroatoms. The van der Waals surface area contributed by atoms with Crippen molar-refractivity contribution in [2.45, 2.75) is 38.6 Å². The Labute approximate surface area is 151 Å². The molecule has 0 aliphatic carbocycles. The van der Waals surface area contributed by atoms with Gasteiger partial charge in [-0.3, -0.25) is 4.99 Å². The second kappa shape index (κ2) is 5.15. The quantitative estimate of drug-likeness (QED) is 0.601. The van der Waals surface area contributed by atoms with Crippen LogP contribution in [0.1, 0.15) is 44.4 Å². The second-order valence-electron chi connectivity index (χ2n) is 7.54. The minimum absolute atomic E-state index is 0.197. The molecule has 3 heterocycles. The van der Waals surface area contributed by atoms with Crippen LogP contribution in [0.2, 0.25) is 5.02 Å². The highest BCUT2D eigenvalue weighted by Gasteiger charge is 2.45. The van der Waals surface area contributed by atoms with E-state index in [0.717, 1.165) is 22.4 Å². The first-order valence-corrected chi connectivity index (χ1v) is 8.63. The minimum Gasteiger partial charge on any atom is -0.277 e. The predicted molar refractivity (Wildman–Crippen MR) is 99.3 cm³/mol. The van der Waals surface area contributed by atoms with Crippen LogP contribution < -0.4 is 0 Å². The lowest BCUT2D eigenvalue weighted by Crippen LogP contribution is -2.46.